The van der Waals surface area contributed by atoms with Gasteiger partial charge in [0.2, 0.25) is 5.88 Å². The van der Waals surface area contributed by atoms with Crippen molar-refractivity contribution in [3.63, 3.8) is 0 Å². The van der Waals surface area contributed by atoms with Crippen molar-refractivity contribution in [2.75, 3.05) is 19.0 Å². The molecule has 1 fully saturated rings. The standard InChI is InChI=1S/C18H18ClF2N5O3/c1-9-12(5-11(6-22)16(23-9)29-18(20)21)24-15-17(27)26(7-14(19)25-15)13(8-28-2)10-3-4-10/h5,7,10,13,18H,3-4,8H2,1-2H3,(H,24,25)/t13-/m1/s1. The number of anilines is 2. The molecule has 2 aromatic heterocycles. The minimum absolute atomic E-state index is 0.0735. The highest BCUT2D eigenvalue weighted by atomic mass is 35.5. The minimum Gasteiger partial charge on any atom is -0.415 e. The van der Waals surface area contributed by atoms with Gasteiger partial charge in [-0.3, -0.25) is 4.79 Å². The van der Waals surface area contributed by atoms with Gasteiger partial charge in [-0.05, 0) is 31.7 Å². The Morgan fingerprint density at radius 2 is 2.17 bits per heavy atom. The molecule has 1 atom stereocenters. The summed E-state index contributed by atoms with van der Waals surface area (Å²) in [7, 11) is 1.56. The number of hydrogen-bond donors (Lipinski definition) is 1. The smallest absolute Gasteiger partial charge is 0.388 e. The number of nitrogens with zero attached hydrogens (tertiary/aromatic N) is 4. The van der Waals surface area contributed by atoms with Gasteiger partial charge < -0.3 is 19.4 Å². The Kier molecular flexibility index (Phi) is 6.30. The second kappa shape index (κ2) is 8.71. The van der Waals surface area contributed by atoms with E-state index < -0.39 is 18.1 Å². The lowest BCUT2D eigenvalue weighted by Crippen LogP contribution is -2.30. The fourth-order valence-corrected chi connectivity index (χ4v) is 3.18. The molecule has 1 saturated carbocycles. The van der Waals surface area contributed by atoms with Crippen molar-refractivity contribution in [1.29, 1.82) is 5.26 Å². The zero-order chi connectivity index (χ0) is 21.1. The van der Waals surface area contributed by atoms with Crippen LogP contribution in [0, 0.1) is 24.2 Å². The Morgan fingerprint density at radius 3 is 2.76 bits per heavy atom. The van der Waals surface area contributed by atoms with E-state index in [-0.39, 0.29) is 34.0 Å². The number of rotatable bonds is 8. The van der Waals surface area contributed by atoms with Crippen LogP contribution >= 0.6 is 11.6 Å². The monoisotopic (exact) mass is 425 g/mol. The predicted molar refractivity (Wildman–Crippen MR) is 101 cm³/mol. The molecular weight excluding hydrogens is 408 g/mol. The SMILES string of the molecule is COC[C@H](C1CC1)n1cc(Cl)nc(Nc2cc(C#N)c(OC(F)F)nc2C)c1=O. The lowest BCUT2D eigenvalue weighted by molar-refractivity contribution is -0.0531. The molecule has 0 aromatic carbocycles. The van der Waals surface area contributed by atoms with E-state index >= 15 is 0 Å². The van der Waals surface area contributed by atoms with Crippen molar-refractivity contribution in [2.24, 2.45) is 5.92 Å². The molecule has 2 heterocycles. The van der Waals surface area contributed by atoms with Crippen molar-refractivity contribution < 1.29 is 18.3 Å². The Hall–Kier alpha value is -2.77. The fourth-order valence-electron chi connectivity index (χ4n) is 2.99. The maximum absolute atomic E-state index is 13.0. The van der Waals surface area contributed by atoms with Crippen molar-refractivity contribution in [1.82, 2.24) is 14.5 Å². The molecule has 11 heteroatoms. The van der Waals surface area contributed by atoms with Gasteiger partial charge in [0.25, 0.3) is 5.56 Å². The molecule has 1 N–H and O–H groups in total. The summed E-state index contributed by atoms with van der Waals surface area (Å²) >= 11 is 6.12. The van der Waals surface area contributed by atoms with E-state index in [1.165, 1.54) is 23.8 Å². The summed E-state index contributed by atoms with van der Waals surface area (Å²) < 4.78 is 36.0. The van der Waals surface area contributed by atoms with Crippen LogP contribution in [-0.2, 0) is 4.74 Å². The van der Waals surface area contributed by atoms with Gasteiger partial charge in [-0.25, -0.2) is 9.97 Å². The number of alkyl halides is 2. The number of aryl methyl sites for hydroxylation is 1. The molecular formula is C18H18ClF2N5O3. The molecule has 0 saturated heterocycles. The quantitative estimate of drug-likeness (QED) is 0.691. The first-order chi connectivity index (χ1) is 13.8. The predicted octanol–water partition coefficient (Wildman–Crippen LogP) is 3.41. The molecule has 0 bridgehead atoms. The Labute approximate surface area is 170 Å². The maximum atomic E-state index is 13.0. The number of nitrogens with one attached hydrogen (secondary N) is 1. The van der Waals surface area contributed by atoms with Gasteiger partial charge in [-0.2, -0.15) is 14.0 Å². The molecule has 0 unspecified atom stereocenters. The highest BCUT2D eigenvalue weighted by Crippen LogP contribution is 2.39. The molecule has 0 spiro atoms. The first-order valence-corrected chi connectivity index (χ1v) is 9.13. The Bertz CT molecular complexity index is 1000. The molecule has 154 valence electrons. The maximum Gasteiger partial charge on any atom is 0.388 e. The number of halogens is 3. The zero-order valence-corrected chi connectivity index (χ0v) is 16.4. The average Bonchev–Trinajstić information content (AvgIpc) is 3.49. The van der Waals surface area contributed by atoms with Crippen molar-refractivity contribution in [3.8, 4) is 11.9 Å². The molecule has 1 aliphatic carbocycles. The number of ether oxygens (including phenoxy) is 2. The minimum atomic E-state index is -3.12. The molecule has 0 amide bonds. The Morgan fingerprint density at radius 1 is 1.45 bits per heavy atom. The van der Waals surface area contributed by atoms with Crippen LogP contribution in [0.4, 0.5) is 20.3 Å². The van der Waals surface area contributed by atoms with E-state index in [1.54, 1.807) is 13.2 Å². The van der Waals surface area contributed by atoms with E-state index in [0.717, 1.165) is 12.8 Å². The third-order valence-corrected chi connectivity index (χ3v) is 4.70. The topological polar surface area (TPSA) is 102 Å². The first-order valence-electron chi connectivity index (χ1n) is 8.75. The molecule has 1 aliphatic rings. The van der Waals surface area contributed by atoms with E-state index in [2.05, 4.69) is 20.0 Å². The van der Waals surface area contributed by atoms with Gasteiger partial charge in [0.15, 0.2) is 5.82 Å². The van der Waals surface area contributed by atoms with Gasteiger partial charge in [-0.1, -0.05) is 11.6 Å². The van der Waals surface area contributed by atoms with Crippen LogP contribution in [0.2, 0.25) is 5.15 Å². The number of aromatic nitrogens is 3. The van der Waals surface area contributed by atoms with E-state index in [4.69, 9.17) is 16.3 Å². The number of methoxy groups -OCH3 is 1. The zero-order valence-electron chi connectivity index (χ0n) is 15.7. The van der Waals surface area contributed by atoms with Crippen LogP contribution in [-0.4, -0.2) is 34.9 Å². The molecule has 2 aromatic rings. The second-order valence-corrected chi connectivity index (χ2v) is 6.96. The molecule has 0 aliphatic heterocycles. The van der Waals surface area contributed by atoms with E-state index in [0.29, 0.717) is 12.5 Å². The highest BCUT2D eigenvalue weighted by Gasteiger charge is 2.33. The molecule has 8 nitrogen and oxygen atoms in total. The largest absolute Gasteiger partial charge is 0.415 e. The highest BCUT2D eigenvalue weighted by molar-refractivity contribution is 6.29. The van der Waals surface area contributed by atoms with Gasteiger partial charge in [-0.15, -0.1) is 0 Å². The average molecular weight is 426 g/mol. The van der Waals surface area contributed by atoms with Crippen LogP contribution < -0.4 is 15.6 Å². The van der Waals surface area contributed by atoms with Crippen molar-refractivity contribution in [2.45, 2.75) is 32.4 Å². The van der Waals surface area contributed by atoms with Gasteiger partial charge in [0.05, 0.1) is 24.0 Å². The lowest BCUT2D eigenvalue weighted by atomic mass is 10.2. The third-order valence-electron chi connectivity index (χ3n) is 4.51. The van der Waals surface area contributed by atoms with E-state index in [1.807, 2.05) is 0 Å². The van der Waals surface area contributed by atoms with Crippen molar-refractivity contribution >= 4 is 23.1 Å². The van der Waals surface area contributed by atoms with Crippen LogP contribution in [0.3, 0.4) is 0 Å². The summed E-state index contributed by atoms with van der Waals surface area (Å²) in [5, 5.41) is 12.1. The number of pyridine rings is 1. The summed E-state index contributed by atoms with van der Waals surface area (Å²) in [4.78, 5) is 20.9. The summed E-state index contributed by atoms with van der Waals surface area (Å²) in [5.41, 5.74) is -0.149. The van der Waals surface area contributed by atoms with Gasteiger partial charge >= 0.3 is 6.61 Å². The van der Waals surface area contributed by atoms with Crippen LogP contribution in [0.15, 0.2) is 17.1 Å². The number of hydrogen-bond acceptors (Lipinski definition) is 7. The summed E-state index contributed by atoms with van der Waals surface area (Å²) in [5.74, 6) is -0.246. The van der Waals surface area contributed by atoms with Gasteiger partial charge in [0, 0.05) is 13.3 Å². The second-order valence-electron chi connectivity index (χ2n) is 6.57. The van der Waals surface area contributed by atoms with Crippen LogP contribution in [0.5, 0.6) is 5.88 Å². The molecule has 3 rings (SSSR count). The summed E-state index contributed by atoms with van der Waals surface area (Å²) in [6.07, 6.45) is 3.44. The van der Waals surface area contributed by atoms with Crippen LogP contribution in [0.1, 0.15) is 30.1 Å². The Balaban J connectivity index is 1.98. The van der Waals surface area contributed by atoms with Crippen LogP contribution in [0.25, 0.3) is 0 Å². The number of nitriles is 1. The van der Waals surface area contributed by atoms with Crippen molar-refractivity contribution in [3.05, 3.63) is 39.0 Å². The normalized spacial score (nSPS) is 14.5. The third kappa shape index (κ3) is 4.81. The summed E-state index contributed by atoms with van der Waals surface area (Å²) in [6, 6.07) is 2.83. The summed E-state index contributed by atoms with van der Waals surface area (Å²) in [6.45, 7) is -1.25. The van der Waals surface area contributed by atoms with E-state index in [9.17, 15) is 18.8 Å². The first kappa shape index (κ1) is 21.0. The van der Waals surface area contributed by atoms with Gasteiger partial charge in [0.1, 0.15) is 16.8 Å². The molecule has 29 heavy (non-hydrogen) atoms. The lowest BCUT2D eigenvalue weighted by Gasteiger charge is -2.20. The molecule has 0 radical (unpaired) electrons. The fraction of sp³-hybridized carbons (Fsp3) is 0.444.